The smallest absolute Gasteiger partial charge is 0.266 e. The van der Waals surface area contributed by atoms with E-state index in [2.05, 4.69) is 15.4 Å². The summed E-state index contributed by atoms with van der Waals surface area (Å²) in [6.45, 7) is 4.68. The predicted molar refractivity (Wildman–Crippen MR) is 94.6 cm³/mol. The highest BCUT2D eigenvalue weighted by atomic mass is 35.5. The number of nitrogens with zero attached hydrogens (tertiary/aromatic N) is 4. The van der Waals surface area contributed by atoms with Gasteiger partial charge in [-0.15, -0.1) is 0 Å². The van der Waals surface area contributed by atoms with Crippen molar-refractivity contribution in [1.82, 2.24) is 19.3 Å². The van der Waals surface area contributed by atoms with E-state index in [0.29, 0.717) is 28.5 Å². The molecule has 2 aromatic heterocycles. The van der Waals surface area contributed by atoms with Crippen LogP contribution in [0.2, 0.25) is 5.02 Å². The highest BCUT2D eigenvalue weighted by molar-refractivity contribution is 6.30. The zero-order valence-electron chi connectivity index (χ0n) is 13.5. The molecule has 0 fully saturated rings. The summed E-state index contributed by atoms with van der Waals surface area (Å²) in [6, 6.07) is 8.03. The molecule has 0 saturated heterocycles. The summed E-state index contributed by atoms with van der Waals surface area (Å²) in [6.07, 6.45) is 2.43. The summed E-state index contributed by atoms with van der Waals surface area (Å²) in [5, 5.41) is 8.98. The van der Waals surface area contributed by atoms with Gasteiger partial charge in [0.05, 0.1) is 12.2 Å². The van der Waals surface area contributed by atoms with Gasteiger partial charge in [-0.3, -0.25) is 9.36 Å². The van der Waals surface area contributed by atoms with Crippen molar-refractivity contribution < 1.29 is 0 Å². The molecule has 1 unspecified atom stereocenters. The van der Waals surface area contributed by atoms with E-state index >= 15 is 0 Å². The van der Waals surface area contributed by atoms with Crippen molar-refractivity contribution in [2.24, 2.45) is 0 Å². The zero-order valence-corrected chi connectivity index (χ0v) is 14.3. The van der Waals surface area contributed by atoms with Crippen molar-refractivity contribution in [3.05, 3.63) is 51.4 Å². The van der Waals surface area contributed by atoms with Gasteiger partial charge in [-0.05, 0) is 38.0 Å². The minimum atomic E-state index is -0.0380. The predicted octanol–water partition coefficient (Wildman–Crippen LogP) is 3.38. The molecular formula is C17H18ClN5O. The van der Waals surface area contributed by atoms with Gasteiger partial charge in [0.2, 0.25) is 5.95 Å². The van der Waals surface area contributed by atoms with Crippen LogP contribution in [0.3, 0.4) is 0 Å². The minimum Gasteiger partial charge on any atom is -0.349 e. The van der Waals surface area contributed by atoms with Crippen molar-refractivity contribution in [2.75, 3.05) is 5.32 Å². The standard InChI is InChI=1S/C17H18ClN5O/c1-10(2)23-15-13(9-19-23)16(24)22-8-7-14(20-17(22)21-15)11-3-5-12(18)6-4-11/h3-6,9-10,14H,7-8H2,1-2H3,(H,20,21). The lowest BCUT2D eigenvalue weighted by Crippen LogP contribution is -2.32. The molecule has 0 radical (unpaired) electrons. The summed E-state index contributed by atoms with van der Waals surface area (Å²) in [4.78, 5) is 17.4. The number of benzene rings is 1. The lowest BCUT2D eigenvalue weighted by Gasteiger charge is -2.27. The van der Waals surface area contributed by atoms with Crippen LogP contribution in [0.15, 0.2) is 35.3 Å². The SMILES string of the molecule is CC(C)n1ncc2c(=O)n3c(nc21)NC(c1ccc(Cl)cc1)CC3. The van der Waals surface area contributed by atoms with Gasteiger partial charge < -0.3 is 5.32 Å². The monoisotopic (exact) mass is 343 g/mol. The molecule has 1 atom stereocenters. The molecule has 1 aliphatic heterocycles. The van der Waals surface area contributed by atoms with Gasteiger partial charge in [-0.1, -0.05) is 23.7 Å². The van der Waals surface area contributed by atoms with Crippen molar-refractivity contribution in [3.63, 3.8) is 0 Å². The number of anilines is 1. The van der Waals surface area contributed by atoms with Gasteiger partial charge in [0, 0.05) is 17.6 Å². The van der Waals surface area contributed by atoms with E-state index in [9.17, 15) is 4.79 Å². The number of halogens is 1. The lowest BCUT2D eigenvalue weighted by atomic mass is 10.0. The molecule has 3 aromatic rings. The van der Waals surface area contributed by atoms with E-state index in [4.69, 9.17) is 11.6 Å². The number of hydrogen-bond donors (Lipinski definition) is 1. The fourth-order valence-corrected chi connectivity index (χ4v) is 3.27. The Bertz CT molecular complexity index is 958. The molecule has 4 rings (SSSR count). The molecular weight excluding hydrogens is 326 g/mol. The molecule has 0 spiro atoms. The number of nitrogens with one attached hydrogen (secondary N) is 1. The fourth-order valence-electron chi connectivity index (χ4n) is 3.15. The van der Waals surface area contributed by atoms with E-state index in [1.165, 1.54) is 0 Å². The van der Waals surface area contributed by atoms with Crippen LogP contribution in [0.25, 0.3) is 11.0 Å². The Morgan fingerprint density at radius 2 is 2.04 bits per heavy atom. The van der Waals surface area contributed by atoms with Crippen molar-refractivity contribution in [1.29, 1.82) is 0 Å². The van der Waals surface area contributed by atoms with Crippen LogP contribution in [-0.4, -0.2) is 19.3 Å². The molecule has 24 heavy (non-hydrogen) atoms. The second kappa shape index (κ2) is 5.63. The van der Waals surface area contributed by atoms with Crippen molar-refractivity contribution in [2.45, 2.75) is 38.9 Å². The Kier molecular flexibility index (Phi) is 3.57. The maximum atomic E-state index is 12.7. The van der Waals surface area contributed by atoms with E-state index in [-0.39, 0.29) is 17.6 Å². The van der Waals surface area contributed by atoms with Crippen LogP contribution in [-0.2, 0) is 6.54 Å². The first-order valence-electron chi connectivity index (χ1n) is 8.04. The third kappa shape index (κ3) is 2.38. The van der Waals surface area contributed by atoms with Gasteiger partial charge in [0.1, 0.15) is 5.39 Å². The first-order valence-corrected chi connectivity index (χ1v) is 8.42. The summed E-state index contributed by atoms with van der Waals surface area (Å²) < 4.78 is 3.48. The van der Waals surface area contributed by atoms with Crippen LogP contribution < -0.4 is 10.9 Å². The van der Waals surface area contributed by atoms with E-state index < -0.39 is 0 Å². The second-order valence-corrected chi connectivity index (χ2v) is 6.79. The normalized spacial score (nSPS) is 17.1. The van der Waals surface area contributed by atoms with Crippen LogP contribution in [0.5, 0.6) is 0 Å². The minimum absolute atomic E-state index is 0.0380. The summed E-state index contributed by atoms with van der Waals surface area (Å²) in [5.74, 6) is 0.598. The van der Waals surface area contributed by atoms with Gasteiger partial charge in [0.25, 0.3) is 5.56 Å². The Hall–Kier alpha value is -2.34. The Balaban J connectivity index is 1.78. The summed E-state index contributed by atoms with van der Waals surface area (Å²) >= 11 is 5.96. The molecule has 1 N–H and O–H groups in total. The van der Waals surface area contributed by atoms with Crippen molar-refractivity contribution >= 4 is 28.6 Å². The number of hydrogen-bond acceptors (Lipinski definition) is 4. The van der Waals surface area contributed by atoms with Gasteiger partial charge >= 0.3 is 0 Å². The summed E-state index contributed by atoms with van der Waals surface area (Å²) in [7, 11) is 0. The quantitative estimate of drug-likeness (QED) is 0.774. The average molecular weight is 344 g/mol. The molecule has 1 aromatic carbocycles. The lowest BCUT2D eigenvalue weighted by molar-refractivity contribution is 0.520. The molecule has 0 bridgehead atoms. The first-order chi connectivity index (χ1) is 11.5. The third-order valence-corrected chi connectivity index (χ3v) is 4.67. The zero-order chi connectivity index (χ0) is 16.8. The molecule has 0 saturated carbocycles. The Morgan fingerprint density at radius 1 is 1.29 bits per heavy atom. The van der Waals surface area contributed by atoms with Gasteiger partial charge in [-0.2, -0.15) is 10.1 Å². The maximum absolute atomic E-state index is 12.7. The van der Waals surface area contributed by atoms with Crippen LogP contribution >= 0.6 is 11.6 Å². The van der Waals surface area contributed by atoms with E-state index in [0.717, 1.165) is 12.0 Å². The van der Waals surface area contributed by atoms with Gasteiger partial charge in [-0.25, -0.2) is 4.68 Å². The second-order valence-electron chi connectivity index (χ2n) is 6.35. The third-order valence-electron chi connectivity index (χ3n) is 4.42. The van der Waals surface area contributed by atoms with Crippen LogP contribution in [0, 0.1) is 0 Å². The van der Waals surface area contributed by atoms with Gasteiger partial charge in [0.15, 0.2) is 5.65 Å². The molecule has 124 valence electrons. The number of rotatable bonds is 2. The van der Waals surface area contributed by atoms with E-state index in [1.807, 2.05) is 38.1 Å². The Morgan fingerprint density at radius 3 is 2.75 bits per heavy atom. The van der Waals surface area contributed by atoms with E-state index in [1.54, 1.807) is 15.4 Å². The first kappa shape index (κ1) is 15.2. The molecule has 0 amide bonds. The number of aromatic nitrogens is 4. The van der Waals surface area contributed by atoms with Crippen LogP contribution in [0.1, 0.15) is 37.9 Å². The van der Waals surface area contributed by atoms with Crippen LogP contribution in [0.4, 0.5) is 5.95 Å². The van der Waals surface area contributed by atoms with Crippen molar-refractivity contribution in [3.8, 4) is 0 Å². The average Bonchev–Trinajstić information content (AvgIpc) is 2.99. The maximum Gasteiger partial charge on any atom is 0.266 e. The molecule has 0 aliphatic carbocycles. The highest BCUT2D eigenvalue weighted by Crippen LogP contribution is 2.28. The molecule has 7 heteroatoms. The molecule has 3 heterocycles. The molecule has 1 aliphatic rings. The largest absolute Gasteiger partial charge is 0.349 e. The number of fused-ring (bicyclic) bond motifs is 2. The Labute approximate surface area is 144 Å². The molecule has 6 nitrogen and oxygen atoms in total. The topological polar surface area (TPSA) is 64.7 Å². The fraction of sp³-hybridized carbons (Fsp3) is 0.353. The highest BCUT2D eigenvalue weighted by Gasteiger charge is 2.24. The summed E-state index contributed by atoms with van der Waals surface area (Å²) in [5.41, 5.74) is 1.73.